The highest BCUT2D eigenvalue weighted by atomic mass is 16.5. The van der Waals surface area contributed by atoms with E-state index in [2.05, 4.69) is 63.2 Å². The van der Waals surface area contributed by atoms with Crippen LogP contribution in [0.5, 0.6) is 11.5 Å². The van der Waals surface area contributed by atoms with Crippen molar-refractivity contribution in [2.24, 2.45) is 10.8 Å². The van der Waals surface area contributed by atoms with Crippen molar-refractivity contribution < 1.29 is 67.3 Å². The van der Waals surface area contributed by atoms with Crippen LogP contribution in [0.25, 0.3) is 21.5 Å². The number of fused-ring (bicyclic) bond motifs is 2. The third-order valence-electron chi connectivity index (χ3n) is 20.0. The van der Waals surface area contributed by atoms with Gasteiger partial charge in [0.25, 0.3) is 5.91 Å². The lowest BCUT2D eigenvalue weighted by molar-refractivity contribution is -0.150. The molecule has 588 valence electrons. The van der Waals surface area contributed by atoms with Crippen molar-refractivity contribution in [1.82, 2.24) is 82.3 Å². The minimum Gasteiger partial charge on any atom is -0.487 e. The first-order valence-corrected chi connectivity index (χ1v) is 37.2. The largest absolute Gasteiger partial charge is 0.487 e. The number of carboxylic acid groups (broad SMARTS) is 1. The van der Waals surface area contributed by atoms with Crippen LogP contribution in [-0.2, 0) is 91.6 Å². The number of nitrogens with one attached hydrogen (secondary N) is 8. The molecule has 5 aliphatic heterocycles. The maximum Gasteiger partial charge on any atom is 0.328 e. The number of methoxy groups -OCH3 is 1. The fourth-order valence-electron chi connectivity index (χ4n) is 13.5. The van der Waals surface area contributed by atoms with E-state index < -0.39 is 137 Å². The Morgan fingerprint density at radius 1 is 0.595 bits per heavy atom. The number of rotatable bonds is 17. The molecule has 9 N–H and O–H groups in total. The number of carboxylic acids is 1. The highest BCUT2D eigenvalue weighted by Gasteiger charge is 2.49. The van der Waals surface area contributed by atoms with Crippen LogP contribution in [-0.4, -0.2) is 193 Å². The number of likely N-dealkylation sites (tertiary alicyclic amines) is 1. The van der Waals surface area contributed by atoms with Crippen LogP contribution in [0.3, 0.4) is 0 Å². The van der Waals surface area contributed by atoms with Gasteiger partial charge in [-0.05, 0) is 120 Å². The normalized spacial score (nSPS) is 20.2. The zero-order valence-corrected chi connectivity index (χ0v) is 64.6. The van der Waals surface area contributed by atoms with E-state index in [4.69, 9.17) is 14.2 Å². The molecule has 7 heterocycles. The zero-order valence-electron chi connectivity index (χ0n) is 64.6. The lowest BCUT2D eigenvalue weighted by Crippen LogP contribution is -2.61. The summed E-state index contributed by atoms with van der Waals surface area (Å²) in [7, 11) is 4.40. The second kappa shape index (κ2) is 36.2. The van der Waals surface area contributed by atoms with Crippen molar-refractivity contribution in [2.75, 3.05) is 34.3 Å². The van der Waals surface area contributed by atoms with Gasteiger partial charge >= 0.3 is 11.9 Å². The van der Waals surface area contributed by atoms with E-state index in [9.17, 15) is 24.3 Å². The average Bonchev–Trinajstić information content (AvgIpc) is 1.66. The van der Waals surface area contributed by atoms with E-state index in [0.29, 0.717) is 45.9 Å². The Morgan fingerprint density at radius 2 is 1.05 bits per heavy atom. The molecule has 0 spiro atoms. The SMILES string of the molecule is CCCN(C(=O)[C@@H](NC(=O)[C@H](C)NC)C(C)(C)C)[C@@H]1C(=O)N[C@@H](Cc2ccc3ccccc3c2)C(=O)N[C@H](C(=O)O)Cc2ccc(cc2)OCc2cn(nn2)[C@@H]2CCN(C(=O)[C@@H](NC(=O)[C@H](C)NC)C(C)(C)C)[C@@H]2C(=O)N[C@@H](Cc2ccc3ccccc3c2)C(=O)N[C@H](C(=O)OC)Cc2ccc(cc2)OCc2cn1nn2. The summed E-state index contributed by atoms with van der Waals surface area (Å²) in [6.45, 7) is 15.3. The standard InChI is InChI=1S/C81H100N16O14/c1-13-35-95(77(105)68(81(7,8)9)89-70(99)48(3)83-11)75-74(103)85-62(42-52-23-29-54-19-15-17-21-56(54)38-52)71(100)86-63(78(106)107)39-49-24-30-59(31-25-49)110-45-57-43-96(92-90-57)65-34-36-94(76(104)67(80(4,5)6)88-69(98)47(2)82-10)66(65)73(102)84-61(41-51-22-28-53-18-14-16-20-55(53)37-51)72(101)87-64(79(108)109-12)40-50-26-32-60(33-27-50)111-46-58-44-97(75)93-91-58/h14-33,37-38,43-44,47-48,61-68,75,82-83H,13,34-36,39-42,45-46H2,1-12H3,(H,84,102)(H,85,103)(H,86,100)(H,87,101)(H,88,98)(H,89,99)(H,106,107)/t47-,48-,61-,62-,63-,64-,65+,66-,67+,68+,75-/m0/s1. The number of hydrogen-bond acceptors (Lipinski definition) is 19. The number of aliphatic carboxylic acids is 1. The summed E-state index contributed by atoms with van der Waals surface area (Å²) in [6.07, 6.45) is 1.17. The number of nitrogens with zero attached hydrogens (tertiary/aromatic N) is 8. The van der Waals surface area contributed by atoms with Gasteiger partial charge in [-0.3, -0.25) is 38.4 Å². The number of esters is 1. The van der Waals surface area contributed by atoms with Crippen LogP contribution in [0.15, 0.2) is 146 Å². The number of ether oxygens (including phenoxy) is 3. The molecule has 5 aliphatic rings. The van der Waals surface area contributed by atoms with Crippen molar-refractivity contribution in [3.05, 3.63) is 179 Å². The van der Waals surface area contributed by atoms with Gasteiger partial charge in [0, 0.05) is 38.8 Å². The number of benzene rings is 6. The third kappa shape index (κ3) is 20.6. The summed E-state index contributed by atoms with van der Waals surface area (Å²) in [6, 6.07) is 27.6. The minimum absolute atomic E-state index is 0.0111. The molecular formula is C81H100N16O14. The van der Waals surface area contributed by atoms with Crippen molar-refractivity contribution in [2.45, 2.75) is 181 Å². The van der Waals surface area contributed by atoms with Gasteiger partial charge in [-0.15, -0.1) is 10.2 Å². The van der Waals surface area contributed by atoms with Crippen LogP contribution < -0.4 is 52.0 Å². The monoisotopic (exact) mass is 1520 g/mol. The summed E-state index contributed by atoms with van der Waals surface area (Å²) in [5.74, 6) is -7.01. The number of likely N-dealkylation sites (N-methyl/N-ethyl adjacent to an activating group) is 2. The number of carbonyl (C=O) groups is 10. The van der Waals surface area contributed by atoms with Gasteiger partial charge in [0.1, 0.15) is 78.4 Å². The topological polar surface area (TPSA) is 383 Å². The van der Waals surface area contributed by atoms with Crippen LogP contribution in [0.2, 0.25) is 0 Å². The second-order valence-electron chi connectivity index (χ2n) is 30.4. The molecule has 6 aromatic carbocycles. The smallest absolute Gasteiger partial charge is 0.328 e. The van der Waals surface area contributed by atoms with Gasteiger partial charge in [0.05, 0.1) is 37.6 Å². The predicted octanol–water partition coefficient (Wildman–Crippen LogP) is 4.97. The van der Waals surface area contributed by atoms with Gasteiger partial charge in [-0.25, -0.2) is 19.0 Å². The Kier molecular flexibility index (Phi) is 26.7. The van der Waals surface area contributed by atoms with E-state index in [-0.39, 0.29) is 64.1 Å². The molecule has 0 unspecified atom stereocenters. The zero-order chi connectivity index (χ0) is 80.0. The highest BCUT2D eigenvalue weighted by molar-refractivity contribution is 5.98. The summed E-state index contributed by atoms with van der Waals surface area (Å²) in [5, 5.41) is 55.1. The average molecular weight is 1520 g/mol. The highest BCUT2D eigenvalue weighted by Crippen LogP contribution is 2.34. The third-order valence-corrected chi connectivity index (χ3v) is 20.0. The van der Waals surface area contributed by atoms with Gasteiger partial charge < -0.3 is 71.7 Å². The summed E-state index contributed by atoms with van der Waals surface area (Å²) in [5.41, 5.74) is 0.927. The Balaban J connectivity index is 1.03. The molecular weight excluding hydrogens is 1420 g/mol. The number of aromatic nitrogens is 6. The van der Waals surface area contributed by atoms with E-state index in [1.807, 2.05) is 78.9 Å². The maximum atomic E-state index is 15.7. The first-order valence-electron chi connectivity index (χ1n) is 37.2. The fourth-order valence-corrected chi connectivity index (χ4v) is 13.5. The molecule has 0 aliphatic carbocycles. The molecule has 1 fully saturated rings. The Morgan fingerprint density at radius 3 is 1.53 bits per heavy atom. The lowest BCUT2D eigenvalue weighted by atomic mass is 9.85. The number of amides is 8. The first-order chi connectivity index (χ1) is 52.9. The van der Waals surface area contributed by atoms with E-state index in [1.165, 1.54) is 27.8 Å². The molecule has 8 amide bonds. The lowest BCUT2D eigenvalue weighted by Gasteiger charge is -2.38. The quantitative estimate of drug-likeness (QED) is 0.0543. The second-order valence-corrected chi connectivity index (χ2v) is 30.4. The molecule has 11 atom stereocenters. The van der Waals surface area contributed by atoms with Gasteiger partial charge in [0.15, 0.2) is 0 Å². The molecule has 0 saturated carbocycles. The van der Waals surface area contributed by atoms with Gasteiger partial charge in [0.2, 0.25) is 47.5 Å². The van der Waals surface area contributed by atoms with Crippen LogP contribution >= 0.6 is 0 Å². The fraction of sp³-hybridized carbons (Fsp3) is 0.432. The first kappa shape index (κ1) is 81.8. The molecule has 2 aromatic heterocycles. The molecule has 8 aromatic rings. The van der Waals surface area contributed by atoms with Crippen molar-refractivity contribution in [3.8, 4) is 11.5 Å². The maximum absolute atomic E-state index is 15.7. The summed E-state index contributed by atoms with van der Waals surface area (Å²) < 4.78 is 20.4. The Hall–Kier alpha value is -11.7. The molecule has 1 saturated heterocycles. The van der Waals surface area contributed by atoms with Crippen LogP contribution in [0, 0.1) is 10.8 Å². The molecule has 30 heteroatoms. The van der Waals surface area contributed by atoms with Gasteiger partial charge in [-0.2, -0.15) is 0 Å². The summed E-state index contributed by atoms with van der Waals surface area (Å²) in [4.78, 5) is 149. The summed E-state index contributed by atoms with van der Waals surface area (Å²) >= 11 is 0. The van der Waals surface area contributed by atoms with Crippen molar-refractivity contribution in [1.29, 1.82) is 0 Å². The van der Waals surface area contributed by atoms with Crippen molar-refractivity contribution >= 4 is 80.7 Å². The number of carbonyl (C=O) groups excluding carboxylic acids is 9. The number of hydrogen-bond donors (Lipinski definition) is 9. The molecule has 0 radical (unpaired) electrons. The van der Waals surface area contributed by atoms with Crippen LogP contribution in [0.4, 0.5) is 0 Å². The molecule has 30 nitrogen and oxygen atoms in total. The van der Waals surface area contributed by atoms with Gasteiger partial charge in [-0.1, -0.05) is 168 Å². The van der Waals surface area contributed by atoms with E-state index in [0.717, 1.165) is 26.2 Å². The van der Waals surface area contributed by atoms with E-state index in [1.54, 1.807) is 137 Å². The molecule has 111 heavy (non-hydrogen) atoms. The Labute approximate surface area is 644 Å². The van der Waals surface area contributed by atoms with Crippen LogP contribution in [0.1, 0.15) is 121 Å². The molecule has 8 bridgehead atoms. The predicted molar refractivity (Wildman–Crippen MR) is 412 cm³/mol. The Bertz CT molecular complexity index is 4670. The van der Waals surface area contributed by atoms with E-state index >= 15 is 28.8 Å². The molecule has 13 rings (SSSR count). The van der Waals surface area contributed by atoms with Crippen molar-refractivity contribution in [3.63, 3.8) is 0 Å². The minimum atomic E-state index is -1.70.